The van der Waals surface area contributed by atoms with Crippen molar-refractivity contribution in [3.8, 4) is 0 Å². The van der Waals surface area contributed by atoms with Crippen LogP contribution in [0.5, 0.6) is 0 Å². The highest BCUT2D eigenvalue weighted by Gasteiger charge is 2.62. The van der Waals surface area contributed by atoms with E-state index in [1.807, 2.05) is 6.07 Å². The van der Waals surface area contributed by atoms with Gasteiger partial charge in [-0.3, -0.25) is 0 Å². The lowest BCUT2D eigenvalue weighted by Gasteiger charge is -2.62. The molecule has 1 aromatic carbocycles. The van der Waals surface area contributed by atoms with Crippen molar-refractivity contribution in [3.05, 3.63) is 29.4 Å². The summed E-state index contributed by atoms with van der Waals surface area (Å²) in [5, 5.41) is 21.8. The van der Waals surface area contributed by atoms with E-state index in [1.165, 1.54) is 25.7 Å². The van der Waals surface area contributed by atoms with E-state index in [2.05, 4.69) is 25.8 Å². The molecule has 0 spiro atoms. The van der Waals surface area contributed by atoms with Gasteiger partial charge in [0, 0.05) is 6.42 Å². The van der Waals surface area contributed by atoms with Crippen LogP contribution in [-0.2, 0) is 6.42 Å². The van der Waals surface area contributed by atoms with Crippen LogP contribution >= 0.6 is 0 Å². The predicted molar refractivity (Wildman–Crippen MR) is 139 cm³/mol. The molecule has 10 atom stereocenters. The lowest BCUT2D eigenvalue weighted by atomic mass is 9.43. The van der Waals surface area contributed by atoms with Gasteiger partial charge in [-0.1, -0.05) is 26.8 Å². The monoisotopic (exact) mass is 497 g/mol. The van der Waals surface area contributed by atoms with Crippen molar-refractivity contribution >= 4 is 11.1 Å². The molecule has 36 heavy (non-hydrogen) atoms. The minimum Gasteiger partial charge on any atom is -0.441 e. The highest BCUT2D eigenvalue weighted by molar-refractivity contribution is 5.74. The van der Waals surface area contributed by atoms with Crippen LogP contribution in [0, 0.1) is 59.1 Å². The van der Waals surface area contributed by atoms with Crippen LogP contribution in [0.3, 0.4) is 0 Å². The molecule has 5 heteroatoms. The largest absolute Gasteiger partial charge is 0.441 e. The van der Waals surface area contributed by atoms with Crippen LogP contribution in [0.2, 0.25) is 0 Å². The fourth-order valence-corrected chi connectivity index (χ4v) is 9.94. The average Bonchev–Trinajstić information content (AvgIpc) is 3.42. The Morgan fingerprint density at radius 2 is 1.81 bits per heavy atom. The normalized spacial score (nSPS) is 43.1. The van der Waals surface area contributed by atoms with E-state index >= 15 is 0 Å². The van der Waals surface area contributed by atoms with Crippen LogP contribution in [0.1, 0.15) is 90.0 Å². The number of fused-ring (bicyclic) bond motifs is 6. The first-order valence-corrected chi connectivity index (χ1v) is 14.5. The summed E-state index contributed by atoms with van der Waals surface area (Å²) >= 11 is 0. The zero-order valence-electron chi connectivity index (χ0n) is 22.5. The molecule has 0 amide bonds. The number of benzene rings is 1. The number of aliphatic hydroxyl groups is 2. The maximum Gasteiger partial charge on any atom is 0.195 e. The first-order chi connectivity index (χ1) is 17.1. The van der Waals surface area contributed by atoms with Gasteiger partial charge in [0.05, 0.1) is 12.2 Å². The Morgan fingerprint density at radius 1 is 1.06 bits per heavy atom. The van der Waals surface area contributed by atoms with Gasteiger partial charge in [-0.2, -0.15) is 0 Å². The summed E-state index contributed by atoms with van der Waals surface area (Å²) in [4.78, 5) is 4.49. The van der Waals surface area contributed by atoms with Gasteiger partial charge in [0.15, 0.2) is 17.3 Å². The number of oxazole rings is 1. The van der Waals surface area contributed by atoms with E-state index in [0.717, 1.165) is 38.5 Å². The maximum atomic E-state index is 14.5. The molecule has 4 aliphatic carbocycles. The molecule has 1 unspecified atom stereocenters. The molecule has 0 bridgehead atoms. The topological polar surface area (TPSA) is 66.5 Å². The molecule has 0 radical (unpaired) electrons. The Hall–Kier alpha value is -1.46. The molecular weight excluding hydrogens is 453 g/mol. The third-order valence-electron chi connectivity index (χ3n) is 12.0. The van der Waals surface area contributed by atoms with E-state index < -0.39 is 0 Å². The second-order valence-corrected chi connectivity index (χ2v) is 13.6. The van der Waals surface area contributed by atoms with Crippen molar-refractivity contribution in [2.24, 2.45) is 46.3 Å². The molecule has 198 valence electrons. The van der Waals surface area contributed by atoms with Crippen LogP contribution in [0.25, 0.3) is 11.1 Å². The summed E-state index contributed by atoms with van der Waals surface area (Å²) in [5.74, 6) is 3.58. The van der Waals surface area contributed by atoms with Crippen LogP contribution in [0.4, 0.5) is 4.39 Å². The van der Waals surface area contributed by atoms with Crippen molar-refractivity contribution in [1.82, 2.24) is 4.98 Å². The first-order valence-electron chi connectivity index (χ1n) is 14.5. The molecule has 4 nitrogen and oxygen atoms in total. The van der Waals surface area contributed by atoms with Gasteiger partial charge in [0.25, 0.3) is 0 Å². The molecule has 1 heterocycles. The van der Waals surface area contributed by atoms with Gasteiger partial charge in [-0.25, -0.2) is 9.37 Å². The molecule has 4 fully saturated rings. The number of halogens is 1. The molecule has 2 N–H and O–H groups in total. The minimum absolute atomic E-state index is 0.181. The number of hydrogen-bond acceptors (Lipinski definition) is 4. The third kappa shape index (κ3) is 3.70. The Labute approximate surface area is 215 Å². The van der Waals surface area contributed by atoms with Gasteiger partial charge in [-0.15, -0.1) is 0 Å². The molecule has 1 aromatic heterocycles. The molecular formula is C31H44FNO3. The number of aryl methyl sites for hydroxylation is 2. The van der Waals surface area contributed by atoms with E-state index in [4.69, 9.17) is 4.42 Å². The third-order valence-corrected chi connectivity index (χ3v) is 12.0. The number of hydrogen-bond donors (Lipinski definition) is 2. The van der Waals surface area contributed by atoms with Gasteiger partial charge < -0.3 is 14.6 Å². The van der Waals surface area contributed by atoms with Gasteiger partial charge in [0.1, 0.15) is 5.52 Å². The molecule has 2 aromatic rings. The number of nitrogens with zero attached hydrogens (tertiary/aromatic N) is 1. The summed E-state index contributed by atoms with van der Waals surface area (Å²) in [6.07, 6.45) is 10.0. The average molecular weight is 498 g/mol. The standard InChI is InChI=1S/C31H44FNO3/c1-17(6-10-26-33-29-25(36-26)9-5-18(2)28(29)32)21-7-8-22-27-23(12-14-31(21,22)4)30(3)13-11-20(34)15-19(30)16-24(27)35/h5,9,17,19-24,27,34-35H,6-8,10-16H2,1-4H3/t17?,19-,20+,21+,22-,23-,24-,27-,30-,31+/m0/s1. The first kappa shape index (κ1) is 24.9. The molecule has 4 saturated carbocycles. The van der Waals surface area contributed by atoms with Crippen molar-refractivity contribution in [2.45, 2.75) is 104 Å². The van der Waals surface area contributed by atoms with Crippen molar-refractivity contribution in [3.63, 3.8) is 0 Å². The van der Waals surface area contributed by atoms with E-state index in [1.54, 1.807) is 13.0 Å². The van der Waals surface area contributed by atoms with E-state index in [9.17, 15) is 14.6 Å². The lowest BCUT2D eigenvalue weighted by Crippen LogP contribution is -2.58. The van der Waals surface area contributed by atoms with Crippen LogP contribution in [0.15, 0.2) is 16.5 Å². The van der Waals surface area contributed by atoms with Crippen molar-refractivity contribution in [2.75, 3.05) is 0 Å². The molecule has 0 saturated heterocycles. The quantitative estimate of drug-likeness (QED) is 0.486. The summed E-state index contributed by atoms with van der Waals surface area (Å²) in [7, 11) is 0. The zero-order chi connectivity index (χ0) is 25.4. The van der Waals surface area contributed by atoms with E-state index in [-0.39, 0.29) is 28.9 Å². The summed E-state index contributed by atoms with van der Waals surface area (Å²) in [6.45, 7) is 9.15. The summed E-state index contributed by atoms with van der Waals surface area (Å²) in [5.41, 5.74) is 2.04. The molecule has 4 aliphatic rings. The van der Waals surface area contributed by atoms with E-state index in [0.29, 0.717) is 58.1 Å². The second kappa shape index (κ2) is 8.80. The SMILES string of the molecule is Cc1ccc2oc(CCC(C)[C@H]3CC[C@H]4[C@@H]5[C@@H](O)C[C@@H]6C[C@H](O)CC[C@]6(C)[C@H]5CC[C@]34C)nc2c1F. The highest BCUT2D eigenvalue weighted by Crippen LogP contribution is 2.68. The number of aromatic nitrogens is 1. The summed E-state index contributed by atoms with van der Waals surface area (Å²) in [6, 6.07) is 3.57. The Morgan fingerprint density at radius 3 is 2.61 bits per heavy atom. The fraction of sp³-hybridized carbons (Fsp3) is 0.774. The van der Waals surface area contributed by atoms with Crippen LogP contribution < -0.4 is 0 Å². The Kier molecular flexibility index (Phi) is 6.07. The molecule has 0 aliphatic heterocycles. The van der Waals surface area contributed by atoms with Crippen molar-refractivity contribution in [1.29, 1.82) is 0 Å². The van der Waals surface area contributed by atoms with Gasteiger partial charge in [-0.05, 0) is 123 Å². The van der Waals surface area contributed by atoms with Gasteiger partial charge >= 0.3 is 0 Å². The lowest BCUT2D eigenvalue weighted by molar-refractivity contribution is -0.174. The maximum absolute atomic E-state index is 14.5. The molecule has 6 rings (SSSR count). The number of rotatable bonds is 4. The smallest absolute Gasteiger partial charge is 0.195 e. The Bertz CT molecular complexity index is 1130. The zero-order valence-corrected chi connectivity index (χ0v) is 22.5. The number of aliphatic hydroxyl groups excluding tert-OH is 2. The second-order valence-electron chi connectivity index (χ2n) is 13.6. The minimum atomic E-state index is -0.270. The summed E-state index contributed by atoms with van der Waals surface area (Å²) < 4.78 is 20.4. The fourth-order valence-electron chi connectivity index (χ4n) is 9.94. The van der Waals surface area contributed by atoms with Crippen LogP contribution in [-0.4, -0.2) is 27.4 Å². The highest BCUT2D eigenvalue weighted by atomic mass is 19.1. The predicted octanol–water partition coefficient (Wildman–Crippen LogP) is 6.83. The Balaban J connectivity index is 1.17. The van der Waals surface area contributed by atoms with Crippen molar-refractivity contribution < 1.29 is 19.0 Å². The van der Waals surface area contributed by atoms with Gasteiger partial charge in [0.2, 0.25) is 0 Å².